The van der Waals surface area contributed by atoms with E-state index < -0.39 is 11.8 Å². The third-order valence-electron chi connectivity index (χ3n) is 5.05. The minimum Gasteiger partial charge on any atom is -0.482 e. The van der Waals surface area contributed by atoms with E-state index in [1.54, 1.807) is 12.1 Å². The lowest BCUT2D eigenvalue weighted by atomic mass is 9.99. The lowest BCUT2D eigenvalue weighted by molar-refractivity contribution is -0.251. The Balaban J connectivity index is 1.62. The van der Waals surface area contributed by atoms with Gasteiger partial charge in [-0.2, -0.15) is 0 Å². The first-order valence-corrected chi connectivity index (χ1v) is 9.47. The molecule has 2 aromatic carbocycles. The molecule has 28 heavy (non-hydrogen) atoms. The van der Waals surface area contributed by atoms with Crippen molar-refractivity contribution < 1.29 is 24.5 Å². The van der Waals surface area contributed by atoms with Crippen LogP contribution in [0.25, 0.3) is 0 Å². The van der Waals surface area contributed by atoms with Crippen LogP contribution in [0, 0.1) is 6.92 Å². The maximum absolute atomic E-state index is 11.1. The number of carbonyl (C=O) groups is 1. The lowest BCUT2D eigenvalue weighted by Crippen LogP contribution is -2.53. The van der Waals surface area contributed by atoms with Gasteiger partial charge in [0.15, 0.2) is 6.61 Å². The SMILES string of the molecule is Cc1cccc(C2(O)CN(C(C)Cc3ccc(OCC(=O)O)cc3)CCO2)c1. The van der Waals surface area contributed by atoms with Crippen molar-refractivity contribution in [3.8, 4) is 5.75 Å². The van der Waals surface area contributed by atoms with E-state index >= 15 is 0 Å². The van der Waals surface area contributed by atoms with Crippen LogP contribution in [0.3, 0.4) is 0 Å². The molecule has 1 aliphatic heterocycles. The van der Waals surface area contributed by atoms with Crippen molar-refractivity contribution in [1.82, 2.24) is 4.90 Å². The molecular weight excluding hydrogens is 358 g/mol. The Morgan fingerprint density at radius 1 is 1.29 bits per heavy atom. The zero-order chi connectivity index (χ0) is 20.1. The molecule has 1 saturated heterocycles. The summed E-state index contributed by atoms with van der Waals surface area (Å²) in [7, 11) is 0. The van der Waals surface area contributed by atoms with Crippen LogP contribution in [0.15, 0.2) is 48.5 Å². The van der Waals surface area contributed by atoms with Crippen molar-refractivity contribution in [2.75, 3.05) is 26.3 Å². The van der Waals surface area contributed by atoms with Crippen molar-refractivity contribution >= 4 is 5.97 Å². The van der Waals surface area contributed by atoms with Gasteiger partial charge in [-0.05, 0) is 38.0 Å². The average Bonchev–Trinajstić information content (AvgIpc) is 2.67. The maximum atomic E-state index is 11.1. The van der Waals surface area contributed by atoms with E-state index in [2.05, 4.69) is 11.8 Å². The zero-order valence-corrected chi connectivity index (χ0v) is 16.3. The molecule has 0 aromatic heterocycles. The van der Waals surface area contributed by atoms with Crippen LogP contribution >= 0.6 is 0 Å². The molecule has 2 unspecified atom stereocenters. The number of benzene rings is 2. The van der Waals surface area contributed by atoms with Crippen molar-refractivity contribution in [2.45, 2.75) is 32.1 Å². The molecule has 0 bridgehead atoms. The molecular formula is C22H27NO5. The fraction of sp³-hybridized carbons (Fsp3) is 0.409. The van der Waals surface area contributed by atoms with Crippen LogP contribution in [0.2, 0.25) is 0 Å². The minimum absolute atomic E-state index is 0.214. The second kappa shape index (κ2) is 8.73. The maximum Gasteiger partial charge on any atom is 0.341 e. The summed E-state index contributed by atoms with van der Waals surface area (Å²) in [5.41, 5.74) is 3.00. The molecule has 6 heteroatoms. The Morgan fingerprint density at radius 2 is 2.04 bits per heavy atom. The number of β-amino-alcohol motifs (C(OH)–C–C–N with tert-alkyl or cyclic N) is 1. The van der Waals surface area contributed by atoms with Gasteiger partial charge in [-0.3, -0.25) is 4.90 Å². The number of carboxylic acid groups (broad SMARTS) is 1. The van der Waals surface area contributed by atoms with Crippen LogP contribution in [0.5, 0.6) is 5.75 Å². The van der Waals surface area contributed by atoms with Gasteiger partial charge in [0, 0.05) is 18.2 Å². The van der Waals surface area contributed by atoms with Gasteiger partial charge in [-0.1, -0.05) is 42.0 Å². The fourth-order valence-corrected chi connectivity index (χ4v) is 3.51. The summed E-state index contributed by atoms with van der Waals surface area (Å²) in [5, 5.41) is 19.7. The average molecular weight is 385 g/mol. The summed E-state index contributed by atoms with van der Waals surface area (Å²) in [6.45, 7) is 5.43. The van der Waals surface area contributed by atoms with Gasteiger partial charge in [-0.25, -0.2) is 4.79 Å². The minimum atomic E-state index is -1.30. The predicted molar refractivity (Wildman–Crippen MR) is 105 cm³/mol. The van der Waals surface area contributed by atoms with E-state index in [-0.39, 0.29) is 12.6 Å². The Kier molecular flexibility index (Phi) is 6.34. The highest BCUT2D eigenvalue weighted by Gasteiger charge is 2.37. The second-order valence-corrected chi connectivity index (χ2v) is 7.35. The van der Waals surface area contributed by atoms with E-state index in [9.17, 15) is 9.90 Å². The molecule has 150 valence electrons. The molecule has 2 aromatic rings. The Hall–Kier alpha value is -2.41. The number of morpholine rings is 1. The highest BCUT2D eigenvalue weighted by Crippen LogP contribution is 2.29. The van der Waals surface area contributed by atoms with Crippen LogP contribution < -0.4 is 4.74 Å². The molecule has 1 heterocycles. The number of hydrogen-bond acceptors (Lipinski definition) is 5. The van der Waals surface area contributed by atoms with Gasteiger partial charge in [-0.15, -0.1) is 0 Å². The van der Waals surface area contributed by atoms with Crippen molar-refractivity contribution in [2.24, 2.45) is 0 Å². The molecule has 2 atom stereocenters. The van der Waals surface area contributed by atoms with Gasteiger partial charge in [0.2, 0.25) is 5.79 Å². The molecule has 1 aliphatic rings. The first-order valence-electron chi connectivity index (χ1n) is 9.47. The summed E-state index contributed by atoms with van der Waals surface area (Å²) in [6, 6.07) is 15.5. The summed E-state index contributed by atoms with van der Waals surface area (Å²) in [6.07, 6.45) is 0.809. The van der Waals surface area contributed by atoms with Gasteiger partial charge in [0.1, 0.15) is 5.75 Å². The molecule has 0 spiro atoms. The number of hydrogen-bond donors (Lipinski definition) is 2. The number of rotatable bonds is 7. The molecule has 0 aliphatic carbocycles. The largest absolute Gasteiger partial charge is 0.482 e. The van der Waals surface area contributed by atoms with E-state index in [0.717, 1.165) is 29.7 Å². The summed E-state index contributed by atoms with van der Waals surface area (Å²) in [4.78, 5) is 12.8. The van der Waals surface area contributed by atoms with Crippen LogP contribution in [0.1, 0.15) is 23.6 Å². The molecule has 0 saturated carbocycles. The molecule has 2 N–H and O–H groups in total. The third kappa shape index (κ3) is 5.10. The Morgan fingerprint density at radius 3 is 2.71 bits per heavy atom. The van der Waals surface area contributed by atoms with E-state index in [4.69, 9.17) is 14.6 Å². The van der Waals surface area contributed by atoms with Gasteiger partial charge >= 0.3 is 5.97 Å². The van der Waals surface area contributed by atoms with E-state index in [0.29, 0.717) is 18.9 Å². The lowest BCUT2D eigenvalue weighted by Gasteiger charge is -2.42. The fourth-order valence-electron chi connectivity index (χ4n) is 3.51. The summed E-state index contributed by atoms with van der Waals surface area (Å²) in [5.74, 6) is -1.75. The van der Waals surface area contributed by atoms with Crippen molar-refractivity contribution in [3.05, 3.63) is 65.2 Å². The number of aliphatic hydroxyl groups is 1. The second-order valence-electron chi connectivity index (χ2n) is 7.35. The zero-order valence-electron chi connectivity index (χ0n) is 16.3. The molecule has 3 rings (SSSR count). The van der Waals surface area contributed by atoms with Gasteiger partial charge in [0.05, 0.1) is 13.2 Å². The molecule has 1 fully saturated rings. The van der Waals surface area contributed by atoms with Crippen LogP contribution in [-0.2, 0) is 21.7 Å². The standard InChI is InChI=1S/C22H27NO5/c1-16-4-3-5-19(12-16)22(26)15-23(10-11-28-22)17(2)13-18-6-8-20(9-7-18)27-14-21(24)25/h3-9,12,17,26H,10-11,13-15H2,1-2H3,(H,24,25). The summed E-state index contributed by atoms with van der Waals surface area (Å²) < 4.78 is 10.9. The first-order chi connectivity index (χ1) is 13.4. The van der Waals surface area contributed by atoms with Crippen LogP contribution in [0.4, 0.5) is 0 Å². The Bertz CT molecular complexity index is 807. The number of aliphatic carboxylic acids is 1. The van der Waals surface area contributed by atoms with Crippen LogP contribution in [-0.4, -0.2) is 53.4 Å². The smallest absolute Gasteiger partial charge is 0.341 e. The van der Waals surface area contributed by atoms with Gasteiger partial charge < -0.3 is 19.7 Å². The van der Waals surface area contributed by atoms with E-state index in [1.165, 1.54) is 0 Å². The number of carboxylic acids is 1. The molecule has 0 radical (unpaired) electrons. The molecule has 0 amide bonds. The number of nitrogens with zero attached hydrogens (tertiary/aromatic N) is 1. The highest BCUT2D eigenvalue weighted by molar-refractivity contribution is 5.68. The number of aryl methyl sites for hydroxylation is 1. The monoisotopic (exact) mass is 385 g/mol. The predicted octanol–water partition coefficient (Wildman–Crippen LogP) is 2.57. The normalized spacial score (nSPS) is 21.2. The van der Waals surface area contributed by atoms with Gasteiger partial charge in [0.25, 0.3) is 0 Å². The third-order valence-corrected chi connectivity index (χ3v) is 5.05. The summed E-state index contributed by atoms with van der Waals surface area (Å²) >= 11 is 0. The topological polar surface area (TPSA) is 79.2 Å². The molecule has 6 nitrogen and oxygen atoms in total. The first kappa shape index (κ1) is 20.3. The number of ether oxygens (including phenoxy) is 2. The quantitative estimate of drug-likeness (QED) is 0.763. The highest BCUT2D eigenvalue weighted by atomic mass is 16.6. The van der Waals surface area contributed by atoms with E-state index in [1.807, 2.05) is 43.3 Å². The van der Waals surface area contributed by atoms with Crippen molar-refractivity contribution in [1.29, 1.82) is 0 Å². The Labute approximate surface area is 165 Å². The van der Waals surface area contributed by atoms with Crippen molar-refractivity contribution in [3.63, 3.8) is 0 Å².